The van der Waals surface area contributed by atoms with Gasteiger partial charge in [-0.15, -0.1) is 0 Å². The molecule has 0 heterocycles. The van der Waals surface area contributed by atoms with E-state index in [-0.39, 0.29) is 0 Å². The summed E-state index contributed by atoms with van der Waals surface area (Å²) in [6, 6.07) is 0. The minimum absolute atomic E-state index is 0.470. The quantitative estimate of drug-likeness (QED) is 0.220. The molecular formula is C36H68. The fourth-order valence-electron chi connectivity index (χ4n) is 10.0. The van der Waals surface area contributed by atoms with Crippen molar-refractivity contribution in [3.05, 3.63) is 0 Å². The second kappa shape index (κ2) is 13.4. The summed E-state index contributed by atoms with van der Waals surface area (Å²) >= 11 is 0. The average molecular weight is 501 g/mol. The maximum atomic E-state index is 2.66. The number of rotatable bonds is 13. The monoisotopic (exact) mass is 501 g/mol. The third-order valence-electron chi connectivity index (χ3n) is 13.4. The molecule has 3 fully saturated rings. The summed E-state index contributed by atoms with van der Waals surface area (Å²) in [6.07, 6.45) is 23.6. The molecule has 0 aromatic carbocycles. The molecule has 0 N–H and O–H groups in total. The Morgan fingerprint density at radius 2 is 1.39 bits per heavy atom. The fraction of sp³-hybridized carbons (Fsp3) is 1.00. The van der Waals surface area contributed by atoms with E-state index < -0.39 is 0 Å². The van der Waals surface area contributed by atoms with Crippen molar-refractivity contribution >= 4 is 0 Å². The first kappa shape index (κ1) is 30.5. The molecule has 0 bridgehead atoms. The van der Waals surface area contributed by atoms with Gasteiger partial charge in [0.2, 0.25) is 0 Å². The Hall–Kier alpha value is 0. The van der Waals surface area contributed by atoms with Crippen LogP contribution in [0.15, 0.2) is 0 Å². The topological polar surface area (TPSA) is 0 Å². The van der Waals surface area contributed by atoms with Crippen molar-refractivity contribution in [3.63, 3.8) is 0 Å². The van der Waals surface area contributed by atoms with Crippen molar-refractivity contribution in [2.24, 2.45) is 64.1 Å². The van der Waals surface area contributed by atoms with Crippen molar-refractivity contribution in [3.8, 4) is 0 Å². The molecule has 0 aliphatic heterocycles. The van der Waals surface area contributed by atoms with Gasteiger partial charge in [0.25, 0.3) is 0 Å². The molecular weight excluding hydrogens is 432 g/mol. The zero-order chi connectivity index (χ0) is 26.5. The Kier molecular flexibility index (Phi) is 11.3. The third-order valence-corrected chi connectivity index (χ3v) is 13.4. The van der Waals surface area contributed by atoms with Gasteiger partial charge in [-0.3, -0.25) is 0 Å². The van der Waals surface area contributed by atoms with Crippen LogP contribution in [-0.2, 0) is 0 Å². The van der Waals surface area contributed by atoms with Crippen LogP contribution in [0.25, 0.3) is 0 Å². The molecule has 0 radical (unpaired) electrons. The van der Waals surface area contributed by atoms with Gasteiger partial charge in [-0.25, -0.2) is 0 Å². The van der Waals surface area contributed by atoms with Crippen molar-refractivity contribution in [1.29, 1.82) is 0 Å². The molecule has 0 spiro atoms. The van der Waals surface area contributed by atoms with Crippen LogP contribution in [0.4, 0.5) is 0 Å². The normalized spacial score (nSPS) is 34.2. The largest absolute Gasteiger partial charge is 0.0654 e. The van der Waals surface area contributed by atoms with E-state index >= 15 is 0 Å². The molecule has 36 heavy (non-hydrogen) atoms. The molecule has 9 unspecified atom stereocenters. The summed E-state index contributed by atoms with van der Waals surface area (Å²) in [5, 5.41) is 0. The van der Waals surface area contributed by atoms with Gasteiger partial charge in [-0.1, -0.05) is 146 Å². The minimum atomic E-state index is 0.470. The molecule has 3 aliphatic carbocycles. The van der Waals surface area contributed by atoms with E-state index in [0.717, 1.165) is 53.3 Å². The van der Waals surface area contributed by atoms with Crippen LogP contribution in [0.2, 0.25) is 0 Å². The number of hydrogen-bond donors (Lipinski definition) is 0. The lowest BCUT2D eigenvalue weighted by Gasteiger charge is -2.50. The van der Waals surface area contributed by atoms with Gasteiger partial charge >= 0.3 is 0 Å². The Morgan fingerprint density at radius 1 is 0.722 bits per heavy atom. The third kappa shape index (κ3) is 6.95. The predicted molar refractivity (Wildman–Crippen MR) is 161 cm³/mol. The Morgan fingerprint density at radius 3 is 2.08 bits per heavy atom. The molecule has 3 rings (SSSR count). The molecule has 0 heteroatoms. The fourth-order valence-corrected chi connectivity index (χ4v) is 10.0. The Labute approximate surface area is 228 Å². The second-order valence-electron chi connectivity index (χ2n) is 15.8. The lowest BCUT2D eigenvalue weighted by atomic mass is 9.55. The van der Waals surface area contributed by atoms with Crippen LogP contribution < -0.4 is 0 Å². The van der Waals surface area contributed by atoms with Gasteiger partial charge in [-0.05, 0) is 83.4 Å². The Bertz CT molecular complexity index is 626. The maximum absolute atomic E-state index is 2.66. The molecule has 212 valence electrons. The zero-order valence-corrected chi connectivity index (χ0v) is 26.5. The molecule has 0 saturated heterocycles. The number of unbranched alkanes of at least 4 members (excludes halogenated alkanes) is 2. The van der Waals surface area contributed by atoms with Crippen molar-refractivity contribution < 1.29 is 0 Å². The molecule has 0 nitrogen and oxygen atoms in total. The van der Waals surface area contributed by atoms with Crippen LogP contribution in [0.1, 0.15) is 165 Å². The van der Waals surface area contributed by atoms with Crippen molar-refractivity contribution in [2.45, 2.75) is 165 Å². The van der Waals surface area contributed by atoms with Gasteiger partial charge in [0, 0.05) is 0 Å². The van der Waals surface area contributed by atoms with Gasteiger partial charge in [0.1, 0.15) is 0 Å². The van der Waals surface area contributed by atoms with Crippen LogP contribution in [0.3, 0.4) is 0 Å². The highest BCUT2D eigenvalue weighted by Crippen LogP contribution is 2.56. The summed E-state index contributed by atoms with van der Waals surface area (Å²) in [4.78, 5) is 0. The summed E-state index contributed by atoms with van der Waals surface area (Å²) in [6.45, 7) is 23.4. The van der Waals surface area contributed by atoms with Gasteiger partial charge in [0.05, 0.1) is 0 Å². The molecule has 0 aromatic heterocycles. The van der Waals surface area contributed by atoms with E-state index in [1.165, 1.54) is 103 Å². The molecule has 0 aromatic rings. The summed E-state index contributed by atoms with van der Waals surface area (Å²) in [5.74, 6) is 8.55. The zero-order valence-electron chi connectivity index (χ0n) is 26.5. The molecule has 0 amide bonds. The lowest BCUT2D eigenvalue weighted by molar-refractivity contribution is -0.0154. The lowest BCUT2D eigenvalue weighted by Crippen LogP contribution is -2.43. The van der Waals surface area contributed by atoms with Gasteiger partial charge in [-0.2, -0.15) is 0 Å². The number of fused-ring (bicyclic) bond motifs is 1. The first-order valence-corrected chi connectivity index (χ1v) is 17.0. The van der Waals surface area contributed by atoms with Crippen LogP contribution in [-0.4, -0.2) is 0 Å². The van der Waals surface area contributed by atoms with E-state index in [0.29, 0.717) is 10.8 Å². The highest BCUT2D eigenvalue weighted by molar-refractivity contribution is 4.97. The second-order valence-corrected chi connectivity index (χ2v) is 15.8. The van der Waals surface area contributed by atoms with E-state index in [1.54, 1.807) is 0 Å². The van der Waals surface area contributed by atoms with Crippen molar-refractivity contribution in [2.75, 3.05) is 0 Å². The summed E-state index contributed by atoms with van der Waals surface area (Å²) in [5.41, 5.74) is 0.977. The standard InChI is InChI=1S/C36H68/c1-10-17-30-20-14-15-22-32(30)29(5)35(6,7)27(3)18-12-11-13-19-28(4)36(8,9)34-26(2)24-25-31-21-16-23-33(31)34/h26-34H,10-25H2,1-9H3. The highest BCUT2D eigenvalue weighted by Gasteiger charge is 2.48. The molecule has 3 aliphatic rings. The van der Waals surface area contributed by atoms with Crippen molar-refractivity contribution in [1.82, 2.24) is 0 Å². The SMILES string of the molecule is CCCC1CCCCC1C(C)C(C)(C)C(C)CCCCCC(C)C(C)(C)C1C(C)CCC2CCCC21. The van der Waals surface area contributed by atoms with E-state index in [4.69, 9.17) is 0 Å². The summed E-state index contributed by atoms with van der Waals surface area (Å²) < 4.78 is 0. The minimum Gasteiger partial charge on any atom is -0.0654 e. The van der Waals surface area contributed by atoms with E-state index in [2.05, 4.69) is 62.3 Å². The first-order valence-electron chi connectivity index (χ1n) is 17.0. The molecule has 3 saturated carbocycles. The smallest absolute Gasteiger partial charge is 0.0295 e. The predicted octanol–water partition coefficient (Wildman–Crippen LogP) is 12.0. The average Bonchev–Trinajstić information content (AvgIpc) is 3.31. The van der Waals surface area contributed by atoms with E-state index in [1.807, 2.05) is 0 Å². The Balaban J connectivity index is 1.44. The van der Waals surface area contributed by atoms with E-state index in [9.17, 15) is 0 Å². The van der Waals surface area contributed by atoms with Crippen LogP contribution >= 0.6 is 0 Å². The first-order chi connectivity index (χ1) is 17.0. The van der Waals surface area contributed by atoms with Crippen LogP contribution in [0.5, 0.6) is 0 Å². The summed E-state index contributed by atoms with van der Waals surface area (Å²) in [7, 11) is 0. The molecule has 9 atom stereocenters. The van der Waals surface area contributed by atoms with Gasteiger partial charge in [0.15, 0.2) is 0 Å². The highest BCUT2D eigenvalue weighted by atomic mass is 14.5. The number of hydrogen-bond acceptors (Lipinski definition) is 0. The van der Waals surface area contributed by atoms with Gasteiger partial charge < -0.3 is 0 Å². The maximum Gasteiger partial charge on any atom is -0.0295 e. The van der Waals surface area contributed by atoms with Crippen LogP contribution in [0, 0.1) is 64.1 Å².